The first-order chi connectivity index (χ1) is 4.34. The summed E-state index contributed by atoms with van der Waals surface area (Å²) in [7, 11) is 0. The number of H-pyrrole nitrogens is 1. The van der Waals surface area contributed by atoms with Crippen molar-refractivity contribution in [3.63, 3.8) is 0 Å². The Bertz CT molecular complexity index is 231. The summed E-state index contributed by atoms with van der Waals surface area (Å²) in [4.78, 5) is 0. The molecule has 1 aromatic heterocycles. The van der Waals surface area contributed by atoms with E-state index < -0.39 is 0 Å². The Labute approximate surface area is 53.3 Å². The van der Waals surface area contributed by atoms with E-state index in [0.717, 1.165) is 11.3 Å². The molecule has 1 rings (SSSR count). The summed E-state index contributed by atoms with van der Waals surface area (Å²) in [5, 5.41) is 14.8. The Morgan fingerprint density at radius 2 is 2.67 bits per heavy atom. The highest BCUT2D eigenvalue weighted by Crippen LogP contribution is 2.01. The van der Waals surface area contributed by atoms with Crippen molar-refractivity contribution in [3.05, 3.63) is 17.5 Å². The summed E-state index contributed by atoms with van der Waals surface area (Å²) in [5.41, 5.74) is 1.97. The number of aryl methyl sites for hydroxylation is 1. The lowest BCUT2D eigenvalue weighted by atomic mass is 10.2. The molecule has 0 fully saturated rings. The van der Waals surface area contributed by atoms with Crippen molar-refractivity contribution in [3.8, 4) is 6.07 Å². The van der Waals surface area contributed by atoms with Gasteiger partial charge in [0.25, 0.3) is 0 Å². The van der Waals surface area contributed by atoms with Crippen LogP contribution in [0, 0.1) is 18.3 Å². The van der Waals surface area contributed by atoms with Crippen molar-refractivity contribution in [2.75, 3.05) is 0 Å². The molecule has 0 aliphatic rings. The highest BCUT2D eigenvalue weighted by atomic mass is 15.1. The van der Waals surface area contributed by atoms with Crippen molar-refractivity contribution in [2.24, 2.45) is 0 Å². The van der Waals surface area contributed by atoms with Crippen molar-refractivity contribution >= 4 is 0 Å². The van der Waals surface area contributed by atoms with Crippen LogP contribution in [-0.4, -0.2) is 10.2 Å². The van der Waals surface area contributed by atoms with Crippen molar-refractivity contribution in [1.29, 1.82) is 5.26 Å². The molecule has 0 bridgehead atoms. The fourth-order valence-corrected chi connectivity index (χ4v) is 0.639. The maximum atomic E-state index is 8.27. The second-order valence-corrected chi connectivity index (χ2v) is 1.86. The highest BCUT2D eigenvalue weighted by Gasteiger charge is 1.96. The van der Waals surface area contributed by atoms with Gasteiger partial charge in [0.05, 0.1) is 18.7 Å². The molecule has 0 amide bonds. The highest BCUT2D eigenvalue weighted by molar-refractivity contribution is 5.17. The van der Waals surface area contributed by atoms with Gasteiger partial charge in [-0.25, -0.2) is 0 Å². The fourth-order valence-electron chi connectivity index (χ4n) is 0.639. The zero-order chi connectivity index (χ0) is 6.69. The number of rotatable bonds is 1. The van der Waals surface area contributed by atoms with Gasteiger partial charge >= 0.3 is 0 Å². The van der Waals surface area contributed by atoms with E-state index in [1.54, 1.807) is 6.20 Å². The van der Waals surface area contributed by atoms with Gasteiger partial charge in [0.2, 0.25) is 0 Å². The molecule has 0 aliphatic heterocycles. The average molecular weight is 121 g/mol. The van der Waals surface area contributed by atoms with E-state index in [2.05, 4.69) is 16.3 Å². The average Bonchev–Trinajstić information content (AvgIpc) is 2.18. The van der Waals surface area contributed by atoms with Crippen LogP contribution in [0.3, 0.4) is 0 Å². The molecule has 1 aromatic rings. The molecule has 9 heavy (non-hydrogen) atoms. The van der Waals surface area contributed by atoms with Crippen LogP contribution >= 0.6 is 0 Å². The van der Waals surface area contributed by atoms with E-state index in [9.17, 15) is 0 Å². The zero-order valence-corrected chi connectivity index (χ0v) is 5.18. The van der Waals surface area contributed by atoms with Crippen LogP contribution in [0.5, 0.6) is 0 Å². The van der Waals surface area contributed by atoms with Gasteiger partial charge in [-0.05, 0) is 6.92 Å². The summed E-state index contributed by atoms with van der Waals surface area (Å²) in [6, 6.07) is 2.05. The number of nitrogens with zero attached hydrogens (tertiary/aromatic N) is 2. The van der Waals surface area contributed by atoms with Gasteiger partial charge in [-0.15, -0.1) is 0 Å². The van der Waals surface area contributed by atoms with Crippen LogP contribution in [0.4, 0.5) is 0 Å². The lowest BCUT2D eigenvalue weighted by Crippen LogP contribution is -1.80. The Kier molecular flexibility index (Phi) is 1.50. The number of hydrogen-bond donors (Lipinski definition) is 1. The molecule has 0 unspecified atom stereocenters. The van der Waals surface area contributed by atoms with E-state index in [4.69, 9.17) is 5.26 Å². The Balaban J connectivity index is 2.84. The number of aromatic nitrogens is 2. The molecule has 0 radical (unpaired) electrons. The predicted octanol–water partition coefficient (Wildman–Crippen LogP) is 0.784. The molecule has 0 saturated heterocycles. The third-order valence-electron chi connectivity index (χ3n) is 1.20. The summed E-state index contributed by atoms with van der Waals surface area (Å²) in [6.07, 6.45) is 2.13. The standard InChI is InChI=1S/C6H7N3/c1-5-6(2-3-7)4-8-9-5/h4H,2H2,1H3,(H,8,9). The molecule has 3 nitrogen and oxygen atoms in total. The van der Waals surface area contributed by atoms with Gasteiger partial charge in [-0.1, -0.05) is 0 Å². The first-order valence-corrected chi connectivity index (χ1v) is 2.70. The number of nitriles is 1. The monoisotopic (exact) mass is 121 g/mol. The van der Waals surface area contributed by atoms with Crippen LogP contribution in [0.15, 0.2) is 6.20 Å². The third kappa shape index (κ3) is 1.08. The quantitative estimate of drug-likeness (QED) is 0.597. The van der Waals surface area contributed by atoms with E-state index in [1.807, 2.05) is 6.92 Å². The molecule has 46 valence electrons. The van der Waals surface area contributed by atoms with Gasteiger partial charge in [0, 0.05) is 11.3 Å². The third-order valence-corrected chi connectivity index (χ3v) is 1.20. The first-order valence-electron chi connectivity index (χ1n) is 2.70. The van der Waals surface area contributed by atoms with E-state index in [-0.39, 0.29) is 0 Å². The molecule has 0 saturated carbocycles. The normalized spacial score (nSPS) is 8.89. The molecule has 3 heteroatoms. The molecule has 1 N–H and O–H groups in total. The van der Waals surface area contributed by atoms with Gasteiger partial charge in [-0.2, -0.15) is 10.4 Å². The minimum absolute atomic E-state index is 0.447. The summed E-state index contributed by atoms with van der Waals surface area (Å²) >= 11 is 0. The fraction of sp³-hybridized carbons (Fsp3) is 0.333. The van der Waals surface area contributed by atoms with Gasteiger partial charge in [-0.3, -0.25) is 5.10 Å². The second kappa shape index (κ2) is 2.31. The van der Waals surface area contributed by atoms with E-state index >= 15 is 0 Å². The molecular formula is C6H7N3. The topological polar surface area (TPSA) is 52.5 Å². The van der Waals surface area contributed by atoms with Gasteiger partial charge in [0.15, 0.2) is 0 Å². The molecular weight excluding hydrogens is 114 g/mol. The number of nitrogens with one attached hydrogen (secondary N) is 1. The summed E-state index contributed by atoms with van der Waals surface area (Å²) in [6.45, 7) is 1.90. The lowest BCUT2D eigenvalue weighted by Gasteiger charge is -1.84. The SMILES string of the molecule is Cc1[nH]ncc1CC#N. The molecule has 0 aliphatic carbocycles. The minimum atomic E-state index is 0.447. The summed E-state index contributed by atoms with van der Waals surface area (Å²) < 4.78 is 0. The molecule has 0 aromatic carbocycles. The van der Waals surface area contributed by atoms with Gasteiger partial charge in [0.1, 0.15) is 0 Å². The van der Waals surface area contributed by atoms with Crippen molar-refractivity contribution in [2.45, 2.75) is 13.3 Å². The zero-order valence-electron chi connectivity index (χ0n) is 5.18. The minimum Gasteiger partial charge on any atom is -0.283 e. The van der Waals surface area contributed by atoms with Crippen LogP contribution < -0.4 is 0 Å². The van der Waals surface area contributed by atoms with Crippen LogP contribution in [-0.2, 0) is 6.42 Å². The lowest BCUT2D eigenvalue weighted by molar-refractivity contribution is 1.04. The number of aromatic amines is 1. The summed E-state index contributed by atoms with van der Waals surface area (Å²) in [5.74, 6) is 0. The largest absolute Gasteiger partial charge is 0.283 e. The van der Waals surface area contributed by atoms with Crippen molar-refractivity contribution in [1.82, 2.24) is 10.2 Å². The molecule has 0 atom stereocenters. The molecule has 1 heterocycles. The number of hydrogen-bond acceptors (Lipinski definition) is 2. The Hall–Kier alpha value is -1.30. The Morgan fingerprint density at radius 3 is 3.11 bits per heavy atom. The maximum Gasteiger partial charge on any atom is 0.0671 e. The van der Waals surface area contributed by atoms with Crippen LogP contribution in [0.1, 0.15) is 11.3 Å². The van der Waals surface area contributed by atoms with Crippen LogP contribution in [0.25, 0.3) is 0 Å². The van der Waals surface area contributed by atoms with E-state index in [1.165, 1.54) is 0 Å². The van der Waals surface area contributed by atoms with E-state index in [0.29, 0.717) is 6.42 Å². The first kappa shape index (κ1) is 5.83. The smallest absolute Gasteiger partial charge is 0.0671 e. The maximum absolute atomic E-state index is 8.27. The van der Waals surface area contributed by atoms with Gasteiger partial charge < -0.3 is 0 Å². The second-order valence-electron chi connectivity index (χ2n) is 1.86. The van der Waals surface area contributed by atoms with Crippen molar-refractivity contribution < 1.29 is 0 Å². The molecule has 0 spiro atoms. The predicted molar refractivity (Wildman–Crippen MR) is 32.6 cm³/mol. The Morgan fingerprint density at radius 1 is 1.89 bits per heavy atom. The van der Waals surface area contributed by atoms with Crippen LogP contribution in [0.2, 0.25) is 0 Å².